The van der Waals surface area contributed by atoms with Gasteiger partial charge in [0.15, 0.2) is 0 Å². The Kier molecular flexibility index (Phi) is 3.39. The van der Waals surface area contributed by atoms with Gasteiger partial charge in [-0.15, -0.1) is 0 Å². The molecule has 1 unspecified atom stereocenters. The molecular formula is C17H21N3O2. The fraction of sp³-hybridized carbons (Fsp3) is 0.471. The van der Waals surface area contributed by atoms with Crippen LogP contribution in [0.25, 0.3) is 10.9 Å². The molecule has 2 aliphatic rings. The van der Waals surface area contributed by atoms with Crippen LogP contribution in [-0.2, 0) is 17.8 Å². The van der Waals surface area contributed by atoms with Gasteiger partial charge in [-0.2, -0.15) is 0 Å². The van der Waals surface area contributed by atoms with Crippen molar-refractivity contribution in [2.45, 2.75) is 25.5 Å². The quantitative estimate of drug-likeness (QED) is 0.873. The molecule has 0 saturated carbocycles. The first-order valence-electron chi connectivity index (χ1n) is 7.97. The Hall–Kier alpha value is -1.85. The highest BCUT2D eigenvalue weighted by atomic mass is 16.3. The van der Waals surface area contributed by atoms with Crippen LogP contribution < -0.4 is 0 Å². The number of fused-ring (bicyclic) bond motifs is 3. The van der Waals surface area contributed by atoms with E-state index >= 15 is 0 Å². The molecule has 2 aliphatic heterocycles. The second kappa shape index (κ2) is 5.41. The number of H-pyrrole nitrogens is 1. The van der Waals surface area contributed by atoms with Crippen LogP contribution >= 0.6 is 0 Å². The van der Waals surface area contributed by atoms with E-state index in [0.29, 0.717) is 19.6 Å². The summed E-state index contributed by atoms with van der Waals surface area (Å²) in [4.78, 5) is 20.0. The number of nitrogens with one attached hydrogen (secondary N) is 1. The van der Waals surface area contributed by atoms with Gasteiger partial charge >= 0.3 is 0 Å². The molecule has 5 nitrogen and oxygen atoms in total. The van der Waals surface area contributed by atoms with Crippen LogP contribution in [0.15, 0.2) is 24.3 Å². The Morgan fingerprint density at radius 1 is 1.32 bits per heavy atom. The second-order valence-corrected chi connectivity index (χ2v) is 6.37. The number of likely N-dealkylation sites (tertiary alicyclic amines) is 1. The first-order chi connectivity index (χ1) is 10.7. The Morgan fingerprint density at radius 3 is 3.00 bits per heavy atom. The number of benzene rings is 1. The predicted molar refractivity (Wildman–Crippen MR) is 84.5 cm³/mol. The third-order valence-electron chi connectivity index (χ3n) is 4.84. The van der Waals surface area contributed by atoms with Crippen molar-refractivity contribution in [3.63, 3.8) is 0 Å². The maximum atomic E-state index is 12.5. The summed E-state index contributed by atoms with van der Waals surface area (Å²) in [6.07, 6.45) is 1.40. The van der Waals surface area contributed by atoms with E-state index in [0.717, 1.165) is 31.4 Å². The number of nitrogens with zero attached hydrogens (tertiary/aromatic N) is 2. The Labute approximate surface area is 129 Å². The maximum Gasteiger partial charge on any atom is 0.237 e. The second-order valence-electron chi connectivity index (χ2n) is 6.37. The molecule has 0 aliphatic carbocycles. The summed E-state index contributed by atoms with van der Waals surface area (Å²) >= 11 is 0. The van der Waals surface area contributed by atoms with Crippen molar-refractivity contribution in [2.24, 2.45) is 0 Å². The molecule has 2 aromatic rings. The minimum Gasteiger partial charge on any atom is -0.392 e. The number of aromatic nitrogens is 1. The number of aliphatic hydroxyl groups excluding tert-OH is 1. The van der Waals surface area contributed by atoms with Crippen LogP contribution in [-0.4, -0.2) is 58.1 Å². The molecule has 0 radical (unpaired) electrons. The van der Waals surface area contributed by atoms with Crippen LogP contribution in [0.3, 0.4) is 0 Å². The molecule has 116 valence electrons. The van der Waals surface area contributed by atoms with Crippen molar-refractivity contribution in [3.05, 3.63) is 35.5 Å². The van der Waals surface area contributed by atoms with Crippen molar-refractivity contribution >= 4 is 16.8 Å². The topological polar surface area (TPSA) is 59.6 Å². The molecule has 0 bridgehead atoms. The Balaban J connectivity index is 1.50. The molecule has 1 fully saturated rings. The van der Waals surface area contributed by atoms with Crippen LogP contribution in [0.4, 0.5) is 0 Å². The lowest BCUT2D eigenvalue weighted by atomic mass is 10.0. The predicted octanol–water partition coefficient (Wildman–Crippen LogP) is 1.12. The first kappa shape index (κ1) is 13.8. The summed E-state index contributed by atoms with van der Waals surface area (Å²) in [6, 6.07) is 8.29. The number of aromatic amines is 1. The number of hydrogen-bond donors (Lipinski definition) is 2. The van der Waals surface area contributed by atoms with E-state index in [1.807, 2.05) is 17.0 Å². The molecule has 1 aromatic carbocycles. The van der Waals surface area contributed by atoms with Crippen LogP contribution in [0.2, 0.25) is 0 Å². The van der Waals surface area contributed by atoms with Crippen LogP contribution in [0.1, 0.15) is 17.7 Å². The van der Waals surface area contributed by atoms with Gasteiger partial charge in [-0.25, -0.2) is 0 Å². The monoisotopic (exact) mass is 299 g/mol. The first-order valence-corrected chi connectivity index (χ1v) is 7.97. The lowest BCUT2D eigenvalue weighted by molar-refractivity contribution is -0.133. The largest absolute Gasteiger partial charge is 0.392 e. The standard InChI is InChI=1S/C17H21N3O2/c21-12-5-7-19(9-12)11-17(22)20-8-6-16-14(10-20)13-3-1-2-4-15(13)18-16/h1-4,12,18,21H,5-11H2. The average Bonchev–Trinajstić information content (AvgIpc) is 3.10. The average molecular weight is 299 g/mol. The van der Waals surface area contributed by atoms with E-state index in [1.165, 1.54) is 16.6 Å². The zero-order valence-corrected chi connectivity index (χ0v) is 12.6. The van der Waals surface area contributed by atoms with Gasteiger partial charge in [-0.3, -0.25) is 9.69 Å². The molecule has 1 atom stereocenters. The summed E-state index contributed by atoms with van der Waals surface area (Å²) < 4.78 is 0. The molecule has 4 rings (SSSR count). The number of rotatable bonds is 2. The molecule has 1 aromatic heterocycles. The van der Waals surface area contributed by atoms with E-state index in [2.05, 4.69) is 22.0 Å². The number of aliphatic hydroxyl groups is 1. The van der Waals surface area contributed by atoms with Gasteiger partial charge in [0.25, 0.3) is 0 Å². The van der Waals surface area contributed by atoms with Crippen molar-refractivity contribution in [1.29, 1.82) is 0 Å². The summed E-state index contributed by atoms with van der Waals surface area (Å²) in [5.74, 6) is 0.171. The number of carbonyl (C=O) groups is 1. The third-order valence-corrected chi connectivity index (χ3v) is 4.84. The Bertz CT molecular complexity index is 709. The number of hydrogen-bond acceptors (Lipinski definition) is 3. The highest BCUT2D eigenvalue weighted by molar-refractivity contribution is 5.86. The fourth-order valence-electron chi connectivity index (χ4n) is 3.63. The van der Waals surface area contributed by atoms with Gasteiger partial charge in [0.2, 0.25) is 5.91 Å². The fourth-order valence-corrected chi connectivity index (χ4v) is 3.63. The normalized spacial score (nSPS) is 22.2. The number of para-hydroxylation sites is 1. The molecule has 0 spiro atoms. The summed E-state index contributed by atoms with van der Waals surface area (Å²) in [5, 5.41) is 10.8. The number of β-amino-alcohol motifs (C(OH)–C–C–N with tert-alkyl or cyclic N) is 1. The van der Waals surface area contributed by atoms with Crippen LogP contribution in [0.5, 0.6) is 0 Å². The molecule has 5 heteroatoms. The summed E-state index contributed by atoms with van der Waals surface area (Å²) in [7, 11) is 0. The Morgan fingerprint density at radius 2 is 2.18 bits per heavy atom. The smallest absolute Gasteiger partial charge is 0.237 e. The maximum absolute atomic E-state index is 12.5. The molecule has 2 N–H and O–H groups in total. The lowest BCUT2D eigenvalue weighted by Crippen LogP contribution is -2.42. The van der Waals surface area contributed by atoms with E-state index in [1.54, 1.807) is 0 Å². The molecule has 22 heavy (non-hydrogen) atoms. The van der Waals surface area contributed by atoms with Crippen molar-refractivity contribution < 1.29 is 9.90 Å². The highest BCUT2D eigenvalue weighted by Crippen LogP contribution is 2.27. The van der Waals surface area contributed by atoms with Crippen molar-refractivity contribution in [2.75, 3.05) is 26.2 Å². The van der Waals surface area contributed by atoms with Gasteiger partial charge < -0.3 is 15.0 Å². The lowest BCUT2D eigenvalue weighted by Gasteiger charge is -2.29. The molecule has 1 saturated heterocycles. The van der Waals surface area contributed by atoms with Gasteiger partial charge in [0, 0.05) is 54.8 Å². The van der Waals surface area contributed by atoms with Gasteiger partial charge in [-0.1, -0.05) is 18.2 Å². The van der Waals surface area contributed by atoms with Gasteiger partial charge in [0.1, 0.15) is 0 Å². The summed E-state index contributed by atoms with van der Waals surface area (Å²) in [6.45, 7) is 3.33. The third kappa shape index (κ3) is 2.40. The minimum absolute atomic E-state index is 0.171. The number of amides is 1. The van der Waals surface area contributed by atoms with Gasteiger partial charge in [0.05, 0.1) is 12.6 Å². The zero-order valence-electron chi connectivity index (χ0n) is 12.6. The van der Waals surface area contributed by atoms with E-state index < -0.39 is 0 Å². The molecular weight excluding hydrogens is 278 g/mol. The molecule has 3 heterocycles. The minimum atomic E-state index is -0.269. The van der Waals surface area contributed by atoms with E-state index in [-0.39, 0.29) is 12.0 Å². The molecule has 1 amide bonds. The van der Waals surface area contributed by atoms with Gasteiger partial charge in [-0.05, 0) is 12.5 Å². The van der Waals surface area contributed by atoms with Crippen molar-refractivity contribution in [3.8, 4) is 0 Å². The van der Waals surface area contributed by atoms with Crippen LogP contribution in [0, 0.1) is 0 Å². The van der Waals surface area contributed by atoms with E-state index in [9.17, 15) is 9.90 Å². The van der Waals surface area contributed by atoms with Crippen molar-refractivity contribution in [1.82, 2.24) is 14.8 Å². The number of carbonyl (C=O) groups excluding carboxylic acids is 1. The summed E-state index contributed by atoms with van der Waals surface area (Å²) in [5.41, 5.74) is 3.68. The SMILES string of the molecule is O=C(CN1CCC(O)C1)N1CCc2[nH]c3ccccc3c2C1. The highest BCUT2D eigenvalue weighted by Gasteiger charge is 2.27. The zero-order chi connectivity index (χ0) is 15.1. The van der Waals surface area contributed by atoms with E-state index in [4.69, 9.17) is 0 Å².